The summed E-state index contributed by atoms with van der Waals surface area (Å²) in [5.41, 5.74) is 0. The standard InChI is InChI=1S/C65H115NO10/c1-3-5-7-9-11-13-15-16-17-23-27-30-33-37-41-45-49-53-61(70)74-54-50-46-42-38-34-31-28-25-22-20-18-19-21-24-26-29-32-36-40-44-48-52-60(69)66-57(56-75-65-64(73)63(72)62(71)59(55-67)76-65)58(68)51-47-43-39-35-14-12-10-8-6-4-2/h6,8,14,16-17,31,34-35,42,46-47,51,57-59,62-65,67-68,71-73H,3-5,7,9-13,15,18-30,32-33,36-41,43-45,48-50,52-56H2,1-2H3,(H,66,69)/b8-6+,17-16-,34-31-,35-14+,46-42-,51-47+. The van der Waals surface area contributed by atoms with Crippen molar-refractivity contribution in [3.63, 3.8) is 0 Å². The first-order valence-corrected chi connectivity index (χ1v) is 31.2. The highest BCUT2D eigenvalue weighted by molar-refractivity contribution is 5.76. The lowest BCUT2D eigenvalue weighted by Crippen LogP contribution is -2.60. The van der Waals surface area contributed by atoms with Gasteiger partial charge in [0.05, 0.1) is 32.0 Å². The number of allylic oxidation sites excluding steroid dienone is 10. The molecule has 0 radical (unpaired) electrons. The van der Waals surface area contributed by atoms with Crippen LogP contribution in [-0.4, -0.2) is 100 Å². The van der Waals surface area contributed by atoms with Gasteiger partial charge in [-0.1, -0.05) is 228 Å². The second-order valence-corrected chi connectivity index (χ2v) is 21.3. The number of carbonyl (C=O) groups is 2. The fourth-order valence-corrected chi connectivity index (χ4v) is 9.37. The van der Waals surface area contributed by atoms with Gasteiger partial charge in [0.25, 0.3) is 0 Å². The summed E-state index contributed by atoms with van der Waals surface area (Å²) >= 11 is 0. The summed E-state index contributed by atoms with van der Waals surface area (Å²) in [4.78, 5) is 25.1. The van der Waals surface area contributed by atoms with Crippen molar-refractivity contribution in [2.45, 2.75) is 307 Å². The number of aliphatic hydroxyl groups is 5. The van der Waals surface area contributed by atoms with Gasteiger partial charge < -0.3 is 45.1 Å². The SMILES string of the molecule is CC/C=C/CC/C=C/CC/C=C/C(O)C(COC1OC(CO)C(O)C(O)C1O)NC(=O)CCCCCCCCCCCCCCCC/C=C\C/C=C\CCOC(=O)CCCCCCCCC/C=C\CCCCCCCC. The maximum atomic E-state index is 13.0. The van der Waals surface area contributed by atoms with Gasteiger partial charge in [-0.3, -0.25) is 9.59 Å². The molecule has 11 heteroatoms. The maximum Gasteiger partial charge on any atom is 0.305 e. The number of rotatable bonds is 53. The van der Waals surface area contributed by atoms with Crippen LogP contribution < -0.4 is 5.32 Å². The second kappa shape index (κ2) is 54.1. The minimum atomic E-state index is -1.58. The molecule has 1 saturated heterocycles. The van der Waals surface area contributed by atoms with Gasteiger partial charge in [-0.25, -0.2) is 0 Å². The fourth-order valence-electron chi connectivity index (χ4n) is 9.37. The third-order valence-electron chi connectivity index (χ3n) is 14.3. The number of aliphatic hydroxyl groups excluding tert-OH is 5. The molecule has 0 aromatic rings. The van der Waals surface area contributed by atoms with Gasteiger partial charge in [-0.2, -0.15) is 0 Å². The van der Waals surface area contributed by atoms with Crippen molar-refractivity contribution in [1.82, 2.24) is 5.32 Å². The molecular formula is C65H115NO10. The van der Waals surface area contributed by atoms with Crippen LogP contribution in [0.15, 0.2) is 72.9 Å². The monoisotopic (exact) mass is 1070 g/mol. The minimum absolute atomic E-state index is 0.0535. The molecule has 0 aromatic carbocycles. The minimum Gasteiger partial charge on any atom is -0.465 e. The Morgan fingerprint density at radius 1 is 0.500 bits per heavy atom. The summed E-state index contributed by atoms with van der Waals surface area (Å²) in [7, 11) is 0. The third-order valence-corrected chi connectivity index (χ3v) is 14.3. The molecule has 6 N–H and O–H groups in total. The van der Waals surface area contributed by atoms with E-state index in [-0.39, 0.29) is 18.5 Å². The van der Waals surface area contributed by atoms with E-state index in [2.05, 4.69) is 79.9 Å². The van der Waals surface area contributed by atoms with Crippen molar-refractivity contribution in [1.29, 1.82) is 0 Å². The Labute approximate surface area is 464 Å². The van der Waals surface area contributed by atoms with Crippen molar-refractivity contribution in [2.75, 3.05) is 19.8 Å². The van der Waals surface area contributed by atoms with Gasteiger partial charge >= 0.3 is 5.97 Å². The lowest BCUT2D eigenvalue weighted by Gasteiger charge is -2.40. The predicted octanol–water partition coefficient (Wildman–Crippen LogP) is 14.8. The molecule has 76 heavy (non-hydrogen) atoms. The summed E-state index contributed by atoms with van der Waals surface area (Å²) in [6.45, 7) is 4.07. The van der Waals surface area contributed by atoms with E-state index in [0.29, 0.717) is 19.4 Å². The highest BCUT2D eigenvalue weighted by atomic mass is 16.7. The van der Waals surface area contributed by atoms with E-state index >= 15 is 0 Å². The van der Waals surface area contributed by atoms with Crippen LogP contribution in [0.5, 0.6) is 0 Å². The Morgan fingerprint density at radius 2 is 0.934 bits per heavy atom. The summed E-state index contributed by atoms with van der Waals surface area (Å²) in [5.74, 6) is -0.258. The first-order valence-electron chi connectivity index (χ1n) is 31.2. The fraction of sp³-hybridized carbons (Fsp3) is 0.785. The zero-order valence-corrected chi connectivity index (χ0v) is 48.4. The van der Waals surface area contributed by atoms with Crippen LogP contribution in [0.1, 0.15) is 264 Å². The quantitative estimate of drug-likeness (QED) is 0.0195. The van der Waals surface area contributed by atoms with Crippen molar-refractivity contribution >= 4 is 11.9 Å². The Kier molecular flexibility index (Phi) is 50.6. The van der Waals surface area contributed by atoms with Gasteiger partial charge in [-0.05, 0) is 96.3 Å². The summed E-state index contributed by atoms with van der Waals surface area (Å²) in [6, 6.07) is -0.839. The highest BCUT2D eigenvalue weighted by Gasteiger charge is 2.44. The topological polar surface area (TPSA) is 175 Å². The lowest BCUT2D eigenvalue weighted by atomic mass is 9.99. The van der Waals surface area contributed by atoms with E-state index in [1.165, 1.54) is 148 Å². The molecule has 1 heterocycles. The molecule has 0 bridgehead atoms. The molecule has 1 amide bonds. The molecule has 1 aliphatic rings. The first-order chi connectivity index (χ1) is 37.2. The largest absolute Gasteiger partial charge is 0.465 e. The molecule has 0 aromatic heterocycles. The summed E-state index contributed by atoms with van der Waals surface area (Å²) in [5, 5.41) is 54.2. The van der Waals surface area contributed by atoms with Crippen LogP contribution >= 0.6 is 0 Å². The van der Waals surface area contributed by atoms with E-state index in [1.54, 1.807) is 6.08 Å². The van der Waals surface area contributed by atoms with Gasteiger partial charge in [0.2, 0.25) is 5.91 Å². The number of ether oxygens (including phenoxy) is 3. The van der Waals surface area contributed by atoms with Crippen LogP contribution in [0.4, 0.5) is 0 Å². The smallest absolute Gasteiger partial charge is 0.305 e. The second-order valence-electron chi connectivity index (χ2n) is 21.3. The van der Waals surface area contributed by atoms with Gasteiger partial charge in [0.15, 0.2) is 6.29 Å². The van der Waals surface area contributed by atoms with E-state index in [4.69, 9.17) is 14.2 Å². The van der Waals surface area contributed by atoms with Crippen LogP contribution in [0.2, 0.25) is 0 Å². The average molecular weight is 1070 g/mol. The molecule has 1 aliphatic heterocycles. The van der Waals surface area contributed by atoms with Crippen molar-refractivity contribution in [3.8, 4) is 0 Å². The number of carbonyl (C=O) groups excluding carboxylic acids is 2. The molecule has 0 saturated carbocycles. The normalized spacial score (nSPS) is 19.2. The average Bonchev–Trinajstić information content (AvgIpc) is 3.42. The van der Waals surface area contributed by atoms with Crippen molar-refractivity contribution in [2.24, 2.45) is 0 Å². The van der Waals surface area contributed by atoms with Gasteiger partial charge in [0.1, 0.15) is 24.4 Å². The number of amides is 1. The summed E-state index contributed by atoms with van der Waals surface area (Å²) < 4.78 is 16.6. The third kappa shape index (κ3) is 43.0. The van der Waals surface area contributed by atoms with Crippen LogP contribution in [0.25, 0.3) is 0 Å². The molecule has 1 rings (SSSR count). The number of hydrogen-bond donors (Lipinski definition) is 6. The Balaban J connectivity index is 2.03. The first kappa shape index (κ1) is 71.1. The summed E-state index contributed by atoms with van der Waals surface area (Å²) in [6.07, 6.45) is 61.8. The Bertz CT molecular complexity index is 1490. The van der Waals surface area contributed by atoms with Crippen molar-refractivity contribution in [3.05, 3.63) is 72.9 Å². The predicted molar refractivity (Wildman–Crippen MR) is 315 cm³/mol. The van der Waals surface area contributed by atoms with E-state index < -0.39 is 49.5 Å². The van der Waals surface area contributed by atoms with E-state index in [1.807, 2.05) is 6.08 Å². The number of unbranched alkanes of at least 4 members (excludes halogenated alkanes) is 29. The molecule has 11 nitrogen and oxygen atoms in total. The van der Waals surface area contributed by atoms with Crippen molar-refractivity contribution < 1.29 is 49.3 Å². The molecule has 7 unspecified atom stereocenters. The molecule has 440 valence electrons. The van der Waals surface area contributed by atoms with Gasteiger partial charge in [0, 0.05) is 12.8 Å². The maximum absolute atomic E-state index is 13.0. The van der Waals surface area contributed by atoms with Crippen LogP contribution in [0, 0.1) is 0 Å². The molecule has 0 spiro atoms. The van der Waals surface area contributed by atoms with Gasteiger partial charge in [-0.15, -0.1) is 0 Å². The highest BCUT2D eigenvalue weighted by Crippen LogP contribution is 2.23. The lowest BCUT2D eigenvalue weighted by molar-refractivity contribution is -0.302. The number of esters is 1. The molecular weight excluding hydrogens is 955 g/mol. The van der Waals surface area contributed by atoms with E-state index in [0.717, 1.165) is 89.9 Å². The number of nitrogens with one attached hydrogen (secondary N) is 1. The zero-order chi connectivity index (χ0) is 55.2. The van der Waals surface area contributed by atoms with Crippen LogP contribution in [-0.2, 0) is 23.8 Å². The van der Waals surface area contributed by atoms with E-state index in [9.17, 15) is 35.1 Å². The number of hydrogen-bond acceptors (Lipinski definition) is 10. The molecule has 0 aliphatic carbocycles. The Morgan fingerprint density at radius 3 is 1.45 bits per heavy atom. The van der Waals surface area contributed by atoms with Crippen LogP contribution in [0.3, 0.4) is 0 Å². The zero-order valence-electron chi connectivity index (χ0n) is 48.4. The Hall–Kier alpha value is -2.90. The molecule has 1 fully saturated rings. The molecule has 7 atom stereocenters.